The van der Waals surface area contributed by atoms with E-state index in [1.807, 2.05) is 0 Å². The fraction of sp³-hybridized carbons (Fsp3) is 0.417. The van der Waals surface area contributed by atoms with Gasteiger partial charge in [0.2, 0.25) is 5.75 Å². The summed E-state index contributed by atoms with van der Waals surface area (Å²) < 4.78 is 0. The maximum atomic E-state index is 8.57. The minimum Gasteiger partial charge on any atom is -0.285 e. The number of benzene rings is 1. The molecule has 0 aliphatic carbocycles. The SMILES string of the molecule is Cc1ccccc1C(C)(C)C.O=CCl. The Morgan fingerprint density at radius 3 is 1.93 bits per heavy atom. The van der Waals surface area contributed by atoms with Gasteiger partial charge >= 0.3 is 0 Å². The molecule has 0 atom stereocenters. The summed E-state index contributed by atoms with van der Waals surface area (Å²) in [6.45, 7) is 8.90. The number of rotatable bonds is 0. The molecule has 2 heteroatoms. The van der Waals surface area contributed by atoms with Crippen molar-refractivity contribution >= 4 is 17.3 Å². The van der Waals surface area contributed by atoms with E-state index in [1.54, 1.807) is 0 Å². The monoisotopic (exact) mass is 212 g/mol. The van der Waals surface area contributed by atoms with Crippen molar-refractivity contribution in [2.24, 2.45) is 0 Å². The summed E-state index contributed by atoms with van der Waals surface area (Å²) in [5.74, 6) is 0.222. The van der Waals surface area contributed by atoms with Crippen molar-refractivity contribution in [3.8, 4) is 0 Å². The molecule has 78 valence electrons. The Hall–Kier alpha value is -0.820. The van der Waals surface area contributed by atoms with Gasteiger partial charge in [0.05, 0.1) is 0 Å². The number of carbonyl (C=O) groups is 1. The van der Waals surface area contributed by atoms with Crippen molar-refractivity contribution in [3.63, 3.8) is 0 Å². The van der Waals surface area contributed by atoms with E-state index in [2.05, 4.69) is 63.6 Å². The number of carbonyl (C=O) groups excluding carboxylic acids is 1. The van der Waals surface area contributed by atoms with Crippen LogP contribution in [-0.4, -0.2) is 5.75 Å². The second kappa shape index (κ2) is 5.82. The Labute approximate surface area is 91.1 Å². The minimum atomic E-state index is 0.222. The molecule has 1 aromatic carbocycles. The fourth-order valence-corrected chi connectivity index (χ4v) is 1.41. The predicted octanol–water partition coefficient (Wildman–Crippen LogP) is 3.71. The molecule has 0 radical (unpaired) electrons. The Morgan fingerprint density at radius 1 is 1.21 bits per heavy atom. The Morgan fingerprint density at radius 2 is 1.64 bits per heavy atom. The van der Waals surface area contributed by atoms with E-state index in [-0.39, 0.29) is 11.2 Å². The van der Waals surface area contributed by atoms with Gasteiger partial charge in [-0.3, -0.25) is 4.79 Å². The zero-order valence-corrected chi connectivity index (χ0v) is 9.93. The van der Waals surface area contributed by atoms with Crippen LogP contribution in [0.1, 0.15) is 31.9 Å². The highest BCUT2D eigenvalue weighted by Crippen LogP contribution is 2.24. The van der Waals surface area contributed by atoms with Crippen molar-refractivity contribution in [1.82, 2.24) is 0 Å². The maximum absolute atomic E-state index is 8.57. The molecule has 0 aromatic heterocycles. The van der Waals surface area contributed by atoms with Crippen LogP contribution in [0.25, 0.3) is 0 Å². The van der Waals surface area contributed by atoms with E-state index in [9.17, 15) is 0 Å². The summed E-state index contributed by atoms with van der Waals surface area (Å²) in [5.41, 5.74) is 3.12. The van der Waals surface area contributed by atoms with Gasteiger partial charge in [0.1, 0.15) is 0 Å². The van der Waals surface area contributed by atoms with Gasteiger partial charge in [-0.25, -0.2) is 0 Å². The van der Waals surface area contributed by atoms with Gasteiger partial charge < -0.3 is 0 Å². The lowest BCUT2D eigenvalue weighted by Crippen LogP contribution is -2.12. The molecule has 14 heavy (non-hydrogen) atoms. The average molecular weight is 213 g/mol. The van der Waals surface area contributed by atoms with E-state index in [1.165, 1.54) is 11.1 Å². The van der Waals surface area contributed by atoms with Crippen molar-refractivity contribution in [2.75, 3.05) is 0 Å². The quantitative estimate of drug-likeness (QED) is 0.473. The first-order chi connectivity index (χ1) is 6.43. The first-order valence-corrected chi connectivity index (χ1v) is 4.97. The van der Waals surface area contributed by atoms with Gasteiger partial charge in [-0.15, -0.1) is 0 Å². The Bertz CT molecular complexity index is 287. The number of aryl methyl sites for hydroxylation is 1. The minimum absolute atomic E-state index is 0.222. The second-order valence-electron chi connectivity index (χ2n) is 4.15. The predicted molar refractivity (Wildman–Crippen MR) is 62.5 cm³/mol. The summed E-state index contributed by atoms with van der Waals surface area (Å²) in [5, 5.41) is 0. The van der Waals surface area contributed by atoms with E-state index in [0.717, 1.165) is 0 Å². The third kappa shape index (κ3) is 4.43. The molecule has 0 amide bonds. The highest BCUT2D eigenvalue weighted by Gasteiger charge is 2.14. The summed E-state index contributed by atoms with van der Waals surface area (Å²) in [6, 6.07) is 8.56. The van der Waals surface area contributed by atoms with Gasteiger partial charge in [0.15, 0.2) is 0 Å². The lowest BCUT2D eigenvalue weighted by molar-refractivity contribution is 0.569. The molecular formula is C12H17ClO. The summed E-state index contributed by atoms with van der Waals surface area (Å²) in [6.07, 6.45) is 0. The van der Waals surface area contributed by atoms with Gasteiger partial charge in [-0.1, -0.05) is 45.0 Å². The van der Waals surface area contributed by atoms with Crippen molar-refractivity contribution in [1.29, 1.82) is 0 Å². The summed E-state index contributed by atoms with van der Waals surface area (Å²) in [7, 11) is 0. The molecule has 0 fully saturated rings. The third-order valence-corrected chi connectivity index (χ3v) is 1.95. The molecule has 0 saturated carbocycles. The molecule has 0 unspecified atom stereocenters. The molecule has 0 N–H and O–H groups in total. The van der Waals surface area contributed by atoms with Crippen LogP contribution < -0.4 is 0 Å². The van der Waals surface area contributed by atoms with E-state index >= 15 is 0 Å². The molecule has 1 nitrogen and oxygen atoms in total. The fourth-order valence-electron chi connectivity index (χ4n) is 1.41. The molecule has 0 aliphatic rings. The summed E-state index contributed by atoms with van der Waals surface area (Å²) >= 11 is 4.32. The van der Waals surface area contributed by atoms with Crippen molar-refractivity contribution in [2.45, 2.75) is 33.1 Å². The smallest absolute Gasteiger partial charge is 0.208 e. The number of halogens is 1. The Balaban J connectivity index is 0.000000500. The molecular weight excluding hydrogens is 196 g/mol. The molecule has 0 bridgehead atoms. The zero-order chi connectivity index (χ0) is 11.2. The van der Waals surface area contributed by atoms with Crippen molar-refractivity contribution < 1.29 is 4.79 Å². The lowest BCUT2D eigenvalue weighted by Gasteiger charge is -2.21. The number of hydrogen-bond acceptors (Lipinski definition) is 1. The van der Waals surface area contributed by atoms with Crippen molar-refractivity contribution in [3.05, 3.63) is 35.4 Å². The van der Waals surface area contributed by atoms with Gasteiger partial charge in [-0.05, 0) is 35.1 Å². The van der Waals surface area contributed by atoms with Gasteiger partial charge in [0, 0.05) is 0 Å². The molecule has 1 rings (SSSR count). The van der Waals surface area contributed by atoms with Crippen LogP contribution in [-0.2, 0) is 10.2 Å². The van der Waals surface area contributed by atoms with Crippen LogP contribution >= 0.6 is 11.6 Å². The third-order valence-electron chi connectivity index (χ3n) is 1.95. The van der Waals surface area contributed by atoms with Crippen LogP contribution in [0.3, 0.4) is 0 Å². The first-order valence-electron chi connectivity index (χ1n) is 4.53. The van der Waals surface area contributed by atoms with E-state index in [4.69, 9.17) is 4.79 Å². The van der Waals surface area contributed by atoms with Crippen LogP contribution in [0.2, 0.25) is 0 Å². The topological polar surface area (TPSA) is 17.1 Å². The summed E-state index contributed by atoms with van der Waals surface area (Å²) in [4.78, 5) is 8.57. The average Bonchev–Trinajstić information content (AvgIpc) is 2.04. The van der Waals surface area contributed by atoms with Crippen LogP contribution in [0, 0.1) is 6.92 Å². The Kier molecular flexibility index (Phi) is 5.47. The van der Waals surface area contributed by atoms with Crippen LogP contribution in [0.5, 0.6) is 0 Å². The largest absolute Gasteiger partial charge is 0.285 e. The highest BCUT2D eigenvalue weighted by atomic mass is 35.5. The standard InChI is InChI=1S/C11H16.CHClO/c1-9-7-5-6-8-10(9)11(2,3)4;2-1-3/h5-8H,1-4H3;1H. The molecule has 0 heterocycles. The zero-order valence-electron chi connectivity index (χ0n) is 9.17. The molecule has 0 spiro atoms. The normalized spacial score (nSPS) is 10.1. The molecule has 0 aliphatic heterocycles. The lowest BCUT2D eigenvalue weighted by atomic mass is 9.84. The number of hydrogen-bond donors (Lipinski definition) is 0. The highest BCUT2D eigenvalue weighted by molar-refractivity contribution is 6.54. The van der Waals surface area contributed by atoms with E-state index < -0.39 is 0 Å². The second-order valence-corrected chi connectivity index (χ2v) is 4.33. The molecule has 1 aromatic rings. The van der Waals surface area contributed by atoms with Gasteiger partial charge in [-0.2, -0.15) is 0 Å². The van der Waals surface area contributed by atoms with Crippen LogP contribution in [0.15, 0.2) is 24.3 Å². The van der Waals surface area contributed by atoms with Gasteiger partial charge in [0.25, 0.3) is 0 Å². The van der Waals surface area contributed by atoms with Crippen LogP contribution in [0.4, 0.5) is 0 Å². The maximum Gasteiger partial charge on any atom is 0.208 e. The molecule has 0 saturated heterocycles. The van der Waals surface area contributed by atoms with E-state index in [0.29, 0.717) is 0 Å². The first kappa shape index (κ1) is 13.2.